The van der Waals surface area contributed by atoms with Crippen LogP contribution in [0.1, 0.15) is 32.8 Å². The fourth-order valence-corrected chi connectivity index (χ4v) is 3.30. The highest BCUT2D eigenvalue weighted by Crippen LogP contribution is 2.44. The zero-order valence-corrected chi connectivity index (χ0v) is 12.9. The summed E-state index contributed by atoms with van der Waals surface area (Å²) < 4.78 is 17.7. The maximum atomic E-state index is 6.18. The summed E-state index contributed by atoms with van der Waals surface area (Å²) >= 11 is 6.18. The molecule has 110 valence electrons. The summed E-state index contributed by atoms with van der Waals surface area (Å²) in [6.45, 7) is 6.82. The van der Waals surface area contributed by atoms with Gasteiger partial charge in [0.25, 0.3) is 0 Å². The van der Waals surface area contributed by atoms with E-state index in [1.807, 2.05) is 19.1 Å². The first kappa shape index (κ1) is 14.0. The Labute approximate surface area is 125 Å². The molecule has 1 aliphatic heterocycles. The number of hydrogen-bond donors (Lipinski definition) is 0. The molecule has 0 N–H and O–H groups in total. The van der Waals surface area contributed by atoms with E-state index in [4.69, 9.17) is 25.8 Å². The molecule has 0 spiro atoms. The van der Waals surface area contributed by atoms with Crippen LogP contribution in [0.15, 0.2) is 18.2 Å². The van der Waals surface area contributed by atoms with Gasteiger partial charge < -0.3 is 14.2 Å². The Balaban J connectivity index is 1.75. The minimum Gasteiger partial charge on any atom is -0.484 e. The van der Waals surface area contributed by atoms with E-state index in [1.54, 1.807) is 0 Å². The smallest absolute Gasteiger partial charge is 0.165 e. The van der Waals surface area contributed by atoms with Crippen LogP contribution >= 0.6 is 11.6 Å². The lowest BCUT2D eigenvalue weighted by atomic mass is 9.91. The summed E-state index contributed by atoms with van der Waals surface area (Å²) in [4.78, 5) is 0. The highest BCUT2D eigenvalue weighted by atomic mass is 35.5. The van der Waals surface area contributed by atoms with Crippen LogP contribution in [0.4, 0.5) is 0 Å². The Bertz CT molecular complexity index is 500. The van der Waals surface area contributed by atoms with Crippen molar-refractivity contribution in [2.75, 3.05) is 6.61 Å². The van der Waals surface area contributed by atoms with Crippen molar-refractivity contribution < 1.29 is 14.2 Å². The van der Waals surface area contributed by atoms with Crippen LogP contribution in [0.2, 0.25) is 0 Å². The standard InChI is InChI=1S/C16H21ClO3/c1-4-18-15-11(17)8-13(15)19-12-7-5-6-10-9-16(2,3)20-14(10)12/h5-7,11,13,15H,4,8-9H2,1-3H3. The van der Waals surface area contributed by atoms with Crippen LogP contribution in [0.3, 0.4) is 0 Å². The van der Waals surface area contributed by atoms with E-state index in [0.717, 1.165) is 24.3 Å². The molecule has 1 heterocycles. The van der Waals surface area contributed by atoms with Gasteiger partial charge >= 0.3 is 0 Å². The second kappa shape index (κ2) is 5.12. The van der Waals surface area contributed by atoms with Gasteiger partial charge in [0.05, 0.1) is 5.38 Å². The van der Waals surface area contributed by atoms with Gasteiger partial charge in [0.1, 0.15) is 17.8 Å². The van der Waals surface area contributed by atoms with Crippen LogP contribution < -0.4 is 9.47 Å². The molecule has 0 bridgehead atoms. The molecule has 0 saturated heterocycles. The molecule has 1 aromatic carbocycles. The average molecular weight is 297 g/mol. The van der Waals surface area contributed by atoms with Gasteiger partial charge in [-0.25, -0.2) is 0 Å². The minimum atomic E-state index is -0.157. The lowest BCUT2D eigenvalue weighted by molar-refractivity contribution is -0.0769. The molecule has 2 aliphatic rings. The van der Waals surface area contributed by atoms with Gasteiger partial charge in [-0.15, -0.1) is 11.6 Å². The molecule has 0 radical (unpaired) electrons. The molecule has 3 nitrogen and oxygen atoms in total. The van der Waals surface area contributed by atoms with Crippen molar-refractivity contribution in [2.24, 2.45) is 0 Å². The number of ether oxygens (including phenoxy) is 3. The molecule has 1 fully saturated rings. The van der Waals surface area contributed by atoms with Crippen LogP contribution in [-0.2, 0) is 11.2 Å². The van der Waals surface area contributed by atoms with Gasteiger partial charge in [0, 0.05) is 25.0 Å². The van der Waals surface area contributed by atoms with Crippen molar-refractivity contribution >= 4 is 11.6 Å². The molecule has 0 amide bonds. The van der Waals surface area contributed by atoms with Gasteiger partial charge in [-0.2, -0.15) is 0 Å². The summed E-state index contributed by atoms with van der Waals surface area (Å²) in [6, 6.07) is 6.08. The number of benzene rings is 1. The summed E-state index contributed by atoms with van der Waals surface area (Å²) in [5.74, 6) is 1.69. The highest BCUT2D eigenvalue weighted by molar-refractivity contribution is 6.21. The lowest BCUT2D eigenvalue weighted by Gasteiger charge is -2.40. The first-order chi connectivity index (χ1) is 9.50. The highest BCUT2D eigenvalue weighted by Gasteiger charge is 2.43. The maximum Gasteiger partial charge on any atom is 0.165 e. The number of halogens is 1. The number of fused-ring (bicyclic) bond motifs is 1. The minimum absolute atomic E-state index is 0.0214. The average Bonchev–Trinajstić information content (AvgIpc) is 2.70. The van der Waals surface area contributed by atoms with Crippen molar-refractivity contribution in [3.8, 4) is 11.5 Å². The summed E-state index contributed by atoms with van der Waals surface area (Å²) in [7, 11) is 0. The molecular formula is C16H21ClO3. The zero-order valence-electron chi connectivity index (χ0n) is 12.2. The van der Waals surface area contributed by atoms with Crippen molar-refractivity contribution in [3.05, 3.63) is 23.8 Å². The molecule has 3 atom stereocenters. The predicted octanol–water partition coefficient (Wildman–Crippen LogP) is 3.56. The normalized spacial score (nSPS) is 30.3. The molecule has 4 heteroatoms. The quantitative estimate of drug-likeness (QED) is 0.795. The molecule has 0 aromatic heterocycles. The third-order valence-electron chi connectivity index (χ3n) is 3.87. The van der Waals surface area contributed by atoms with E-state index < -0.39 is 0 Å². The second-order valence-corrected chi connectivity index (χ2v) is 6.67. The molecule has 3 unspecified atom stereocenters. The van der Waals surface area contributed by atoms with E-state index >= 15 is 0 Å². The number of para-hydroxylation sites is 1. The first-order valence-electron chi connectivity index (χ1n) is 7.23. The van der Waals surface area contributed by atoms with Gasteiger partial charge in [0.2, 0.25) is 0 Å². The zero-order chi connectivity index (χ0) is 14.3. The van der Waals surface area contributed by atoms with Crippen LogP contribution in [0.5, 0.6) is 11.5 Å². The Morgan fingerprint density at radius 3 is 2.90 bits per heavy atom. The van der Waals surface area contributed by atoms with E-state index in [-0.39, 0.29) is 23.2 Å². The fraction of sp³-hybridized carbons (Fsp3) is 0.625. The van der Waals surface area contributed by atoms with Crippen molar-refractivity contribution in [1.29, 1.82) is 0 Å². The Kier molecular flexibility index (Phi) is 3.59. The van der Waals surface area contributed by atoms with Gasteiger partial charge in [-0.05, 0) is 26.8 Å². The Morgan fingerprint density at radius 1 is 1.40 bits per heavy atom. The summed E-state index contributed by atoms with van der Waals surface area (Å²) in [6.07, 6.45) is 1.74. The third-order valence-corrected chi connectivity index (χ3v) is 4.30. The lowest BCUT2D eigenvalue weighted by Crippen LogP contribution is -2.52. The van der Waals surface area contributed by atoms with Gasteiger partial charge in [0.15, 0.2) is 11.5 Å². The van der Waals surface area contributed by atoms with Crippen LogP contribution in [0.25, 0.3) is 0 Å². The van der Waals surface area contributed by atoms with Crippen molar-refractivity contribution in [2.45, 2.75) is 56.8 Å². The fourth-order valence-electron chi connectivity index (χ4n) is 2.89. The Morgan fingerprint density at radius 2 is 2.20 bits per heavy atom. The topological polar surface area (TPSA) is 27.7 Å². The van der Waals surface area contributed by atoms with Gasteiger partial charge in [-0.1, -0.05) is 12.1 Å². The van der Waals surface area contributed by atoms with E-state index in [2.05, 4.69) is 19.9 Å². The predicted molar refractivity (Wildman–Crippen MR) is 78.9 cm³/mol. The van der Waals surface area contributed by atoms with E-state index in [0.29, 0.717) is 6.61 Å². The SMILES string of the molecule is CCOC1C(Cl)CC1Oc1cccc2c1OC(C)(C)C2. The van der Waals surface area contributed by atoms with Crippen LogP contribution in [0, 0.1) is 0 Å². The van der Waals surface area contributed by atoms with Crippen molar-refractivity contribution in [1.82, 2.24) is 0 Å². The monoisotopic (exact) mass is 296 g/mol. The summed E-state index contributed by atoms with van der Waals surface area (Å²) in [5.41, 5.74) is 1.05. The van der Waals surface area contributed by atoms with E-state index in [9.17, 15) is 0 Å². The first-order valence-corrected chi connectivity index (χ1v) is 7.67. The van der Waals surface area contributed by atoms with Gasteiger partial charge in [-0.3, -0.25) is 0 Å². The molecule has 1 aliphatic carbocycles. The van der Waals surface area contributed by atoms with E-state index in [1.165, 1.54) is 5.56 Å². The molecule has 1 aromatic rings. The van der Waals surface area contributed by atoms with Crippen molar-refractivity contribution in [3.63, 3.8) is 0 Å². The maximum absolute atomic E-state index is 6.18. The Hall–Kier alpha value is -0.930. The molecular weight excluding hydrogens is 276 g/mol. The second-order valence-electron chi connectivity index (χ2n) is 6.11. The number of hydrogen-bond acceptors (Lipinski definition) is 3. The molecule has 20 heavy (non-hydrogen) atoms. The summed E-state index contributed by atoms with van der Waals surface area (Å²) in [5, 5.41) is 0.0501. The third kappa shape index (κ3) is 2.49. The largest absolute Gasteiger partial charge is 0.484 e. The molecule has 3 rings (SSSR count). The number of alkyl halides is 1. The van der Waals surface area contributed by atoms with Crippen LogP contribution in [-0.4, -0.2) is 29.8 Å². The molecule has 1 saturated carbocycles. The number of rotatable bonds is 4.